The van der Waals surface area contributed by atoms with Gasteiger partial charge in [-0.05, 0) is 50.2 Å². The topological polar surface area (TPSA) is 113 Å². The van der Waals surface area contributed by atoms with E-state index >= 15 is 4.39 Å². The molecular weight excluding hydrogens is 588 g/mol. The summed E-state index contributed by atoms with van der Waals surface area (Å²) in [6.45, 7) is 5.93. The van der Waals surface area contributed by atoms with Crippen LogP contribution >= 0.6 is 0 Å². The molecule has 2 aromatic heterocycles. The number of benzene rings is 2. The van der Waals surface area contributed by atoms with Gasteiger partial charge < -0.3 is 25.4 Å². The monoisotopic (exact) mass is 625 g/mol. The van der Waals surface area contributed by atoms with Gasteiger partial charge in [-0.25, -0.2) is 17.2 Å². The molecule has 2 aliphatic heterocycles. The maximum atomic E-state index is 15.4. The van der Waals surface area contributed by atoms with E-state index in [1.165, 1.54) is 19.3 Å². The molecule has 4 heterocycles. The molecule has 2 aromatic carbocycles. The van der Waals surface area contributed by atoms with Crippen molar-refractivity contribution in [2.45, 2.75) is 18.9 Å². The first-order valence-electron chi connectivity index (χ1n) is 14.7. The maximum absolute atomic E-state index is 15.4. The molecule has 4 aromatic rings. The quantitative estimate of drug-likeness (QED) is 0.263. The largest absolute Gasteiger partial charge is 0.369 e. The van der Waals surface area contributed by atoms with Crippen LogP contribution in [0, 0.1) is 11.6 Å². The average molecular weight is 626 g/mol. The van der Waals surface area contributed by atoms with Gasteiger partial charge in [0, 0.05) is 64.2 Å². The number of anilines is 6. The SMILES string of the molecule is CN1CCN(C2CCN(c3ccc(Nc4nc(Nc5ccccc5N(C)S(C)(=O)=O)c5c(F)c[nH]c5n4)cc3F)CC2)CC1. The standard InChI is InChI=1S/C30H37F2N9O2S/c1-38-14-16-40(17-15-38)21-10-12-41(13-11-21)25-9-8-20(18-22(25)31)34-30-36-28-27(23(32)19-33-28)29(37-30)35-24-6-4-5-7-26(24)39(2)44(3,42)43/h4-9,18-19,21H,10-17H2,1-3H3,(H3,33,34,35,36,37). The fraction of sp³-hybridized carbons (Fsp3) is 0.400. The number of rotatable bonds is 8. The molecule has 14 heteroatoms. The number of hydrogen-bond acceptors (Lipinski definition) is 9. The summed E-state index contributed by atoms with van der Waals surface area (Å²) in [6.07, 6.45) is 4.27. The summed E-state index contributed by atoms with van der Waals surface area (Å²) >= 11 is 0. The van der Waals surface area contributed by atoms with Crippen molar-refractivity contribution >= 4 is 55.6 Å². The Hall–Kier alpha value is -4.01. The van der Waals surface area contributed by atoms with Crippen molar-refractivity contribution in [2.24, 2.45) is 0 Å². The molecule has 0 aliphatic carbocycles. The Balaban J connectivity index is 1.20. The number of fused-ring (bicyclic) bond motifs is 1. The molecule has 11 nitrogen and oxygen atoms in total. The van der Waals surface area contributed by atoms with Crippen LogP contribution in [0.4, 0.5) is 43.3 Å². The number of hydrogen-bond donors (Lipinski definition) is 3. The molecule has 0 amide bonds. The Kier molecular flexibility index (Phi) is 8.31. The van der Waals surface area contributed by atoms with Crippen molar-refractivity contribution in [2.75, 3.05) is 79.5 Å². The minimum Gasteiger partial charge on any atom is -0.369 e. The summed E-state index contributed by atoms with van der Waals surface area (Å²) in [5.74, 6) is -0.701. The third-order valence-electron chi connectivity index (χ3n) is 8.54. The lowest BCUT2D eigenvalue weighted by Crippen LogP contribution is -2.52. The van der Waals surface area contributed by atoms with Gasteiger partial charge in [0.15, 0.2) is 5.82 Å². The lowest BCUT2D eigenvalue weighted by molar-refractivity contribution is 0.0981. The van der Waals surface area contributed by atoms with Gasteiger partial charge in [-0.15, -0.1) is 0 Å². The first-order valence-corrected chi connectivity index (χ1v) is 16.5. The zero-order valence-electron chi connectivity index (χ0n) is 25.0. The van der Waals surface area contributed by atoms with Gasteiger partial charge in [0.2, 0.25) is 16.0 Å². The third kappa shape index (κ3) is 6.28. The van der Waals surface area contributed by atoms with Crippen LogP contribution in [0.15, 0.2) is 48.7 Å². The third-order valence-corrected chi connectivity index (χ3v) is 9.73. The number of sulfonamides is 1. The van der Waals surface area contributed by atoms with Crippen molar-refractivity contribution in [3.8, 4) is 0 Å². The smallest absolute Gasteiger partial charge is 0.232 e. The number of para-hydroxylation sites is 2. The minimum atomic E-state index is -3.56. The van der Waals surface area contributed by atoms with Crippen molar-refractivity contribution in [3.63, 3.8) is 0 Å². The lowest BCUT2D eigenvalue weighted by Gasteiger charge is -2.42. The molecule has 6 rings (SSSR count). The molecule has 0 spiro atoms. The van der Waals surface area contributed by atoms with Crippen molar-refractivity contribution in [3.05, 3.63) is 60.3 Å². The molecule has 0 bridgehead atoms. The molecule has 0 radical (unpaired) electrons. The summed E-state index contributed by atoms with van der Waals surface area (Å²) in [5.41, 5.74) is 1.98. The number of aromatic amines is 1. The first kappa shape index (κ1) is 30.0. The number of nitrogens with one attached hydrogen (secondary N) is 3. The number of likely N-dealkylation sites (N-methyl/N-ethyl adjacent to an activating group) is 1. The minimum absolute atomic E-state index is 0.105. The van der Waals surface area contributed by atoms with Crippen LogP contribution in [-0.2, 0) is 10.0 Å². The van der Waals surface area contributed by atoms with Gasteiger partial charge in [0.25, 0.3) is 0 Å². The van der Waals surface area contributed by atoms with Crippen LogP contribution in [0.3, 0.4) is 0 Å². The molecule has 2 aliphatic rings. The highest BCUT2D eigenvalue weighted by Gasteiger charge is 2.28. The Bertz CT molecular complexity index is 1750. The molecule has 0 atom stereocenters. The van der Waals surface area contributed by atoms with E-state index in [9.17, 15) is 12.8 Å². The molecule has 0 unspecified atom stereocenters. The summed E-state index contributed by atoms with van der Waals surface area (Å²) in [5, 5.41) is 6.21. The van der Waals surface area contributed by atoms with E-state index in [-0.39, 0.29) is 28.6 Å². The summed E-state index contributed by atoms with van der Waals surface area (Å²) in [4.78, 5) is 18.7. The second kappa shape index (κ2) is 12.2. The van der Waals surface area contributed by atoms with Crippen LogP contribution in [0.2, 0.25) is 0 Å². The normalized spacial score (nSPS) is 17.2. The van der Waals surface area contributed by atoms with E-state index in [1.807, 2.05) is 0 Å². The highest BCUT2D eigenvalue weighted by atomic mass is 32.2. The number of halogens is 2. The van der Waals surface area contributed by atoms with Crippen LogP contribution < -0.4 is 19.8 Å². The molecule has 0 saturated carbocycles. The van der Waals surface area contributed by atoms with Gasteiger partial charge in [0.05, 0.1) is 28.7 Å². The zero-order valence-corrected chi connectivity index (χ0v) is 25.8. The van der Waals surface area contributed by atoms with Crippen molar-refractivity contribution in [1.82, 2.24) is 24.8 Å². The number of piperazine rings is 1. The fourth-order valence-electron chi connectivity index (χ4n) is 5.93. The average Bonchev–Trinajstić information content (AvgIpc) is 3.38. The van der Waals surface area contributed by atoms with Crippen LogP contribution in [-0.4, -0.2) is 98.8 Å². The van der Waals surface area contributed by atoms with Crippen LogP contribution in [0.1, 0.15) is 12.8 Å². The van der Waals surface area contributed by atoms with Gasteiger partial charge in [-0.2, -0.15) is 9.97 Å². The highest BCUT2D eigenvalue weighted by Crippen LogP contribution is 2.34. The second-order valence-corrected chi connectivity index (χ2v) is 13.5. The highest BCUT2D eigenvalue weighted by molar-refractivity contribution is 7.92. The van der Waals surface area contributed by atoms with Crippen molar-refractivity contribution < 1.29 is 17.2 Å². The fourth-order valence-corrected chi connectivity index (χ4v) is 6.45. The Morgan fingerprint density at radius 3 is 2.39 bits per heavy atom. The second-order valence-electron chi connectivity index (χ2n) is 11.5. The molecule has 3 N–H and O–H groups in total. The Labute approximate surface area is 255 Å². The number of nitrogens with zero attached hydrogens (tertiary/aromatic N) is 6. The van der Waals surface area contributed by atoms with Gasteiger partial charge >= 0.3 is 0 Å². The Morgan fingerprint density at radius 1 is 0.955 bits per heavy atom. The van der Waals surface area contributed by atoms with E-state index in [1.54, 1.807) is 36.4 Å². The summed E-state index contributed by atoms with van der Waals surface area (Å²) in [7, 11) is 0.0309. The van der Waals surface area contributed by atoms with Crippen molar-refractivity contribution in [1.29, 1.82) is 0 Å². The number of H-pyrrole nitrogens is 1. The lowest BCUT2D eigenvalue weighted by atomic mass is 10.0. The maximum Gasteiger partial charge on any atom is 0.232 e. The Morgan fingerprint density at radius 2 is 1.68 bits per heavy atom. The summed E-state index contributed by atoms with van der Waals surface area (Å²) in [6, 6.07) is 12.2. The summed E-state index contributed by atoms with van der Waals surface area (Å²) < 4.78 is 55.8. The van der Waals surface area contributed by atoms with E-state index in [2.05, 4.69) is 47.3 Å². The zero-order chi connectivity index (χ0) is 31.0. The van der Waals surface area contributed by atoms with Crippen LogP contribution in [0.5, 0.6) is 0 Å². The molecule has 2 fully saturated rings. The van der Waals surface area contributed by atoms with E-state index in [4.69, 9.17) is 0 Å². The van der Waals surface area contributed by atoms with Gasteiger partial charge in [0.1, 0.15) is 17.3 Å². The van der Waals surface area contributed by atoms with E-state index < -0.39 is 15.8 Å². The van der Waals surface area contributed by atoms with Gasteiger partial charge in [-0.3, -0.25) is 9.21 Å². The van der Waals surface area contributed by atoms with Gasteiger partial charge in [-0.1, -0.05) is 12.1 Å². The van der Waals surface area contributed by atoms with E-state index in [0.717, 1.165) is 62.7 Å². The molecular formula is C30H37F2N9O2S. The van der Waals surface area contributed by atoms with E-state index in [0.29, 0.717) is 28.8 Å². The molecule has 234 valence electrons. The number of piperidine rings is 1. The molecule has 44 heavy (non-hydrogen) atoms. The molecule has 2 saturated heterocycles. The van der Waals surface area contributed by atoms with Crippen LogP contribution in [0.25, 0.3) is 11.0 Å². The first-order chi connectivity index (χ1) is 21.1. The predicted octanol–water partition coefficient (Wildman–Crippen LogP) is 4.34. The number of aromatic nitrogens is 3. The predicted molar refractivity (Wildman–Crippen MR) is 171 cm³/mol.